The summed E-state index contributed by atoms with van der Waals surface area (Å²) in [5.74, 6) is 0.934. The molecule has 1 atom stereocenters. The fourth-order valence-corrected chi connectivity index (χ4v) is 1.55. The summed E-state index contributed by atoms with van der Waals surface area (Å²) in [5.41, 5.74) is 5.43. The standard InChI is InChI=1S/C11H26BN/c1-2-11(12)9-7-5-3-4-6-8-10-13/h11H,2-10,12-13H2,1H3/t11-/m0/s1. The number of hydrogen-bond acceptors (Lipinski definition) is 1. The molecule has 0 aliphatic carbocycles. The maximum Gasteiger partial charge on any atom is 0.105 e. The normalized spacial score (nSPS) is 13.1. The van der Waals surface area contributed by atoms with Gasteiger partial charge in [0.15, 0.2) is 0 Å². The largest absolute Gasteiger partial charge is 0.330 e. The molecule has 13 heavy (non-hydrogen) atoms. The van der Waals surface area contributed by atoms with E-state index in [2.05, 4.69) is 14.8 Å². The molecule has 0 radical (unpaired) electrons. The molecule has 0 aromatic heterocycles. The lowest BCUT2D eigenvalue weighted by Crippen LogP contribution is -1.97. The summed E-state index contributed by atoms with van der Waals surface area (Å²) in [6, 6.07) is 0. The SMILES string of the molecule is B[C@@H](CC)CCCCCCCCN. The second-order valence-electron chi connectivity index (χ2n) is 4.21. The molecule has 1 nitrogen and oxygen atoms in total. The van der Waals surface area contributed by atoms with Gasteiger partial charge in [0.25, 0.3) is 0 Å². The first-order valence-corrected chi connectivity index (χ1v) is 6.01. The van der Waals surface area contributed by atoms with Crippen molar-refractivity contribution in [2.75, 3.05) is 6.54 Å². The summed E-state index contributed by atoms with van der Waals surface area (Å²) in [7, 11) is 2.36. The van der Waals surface area contributed by atoms with Crippen LogP contribution >= 0.6 is 0 Å². The Bertz CT molecular complexity index is 96.1. The molecule has 2 heteroatoms. The van der Waals surface area contributed by atoms with Gasteiger partial charge in [-0.05, 0) is 13.0 Å². The minimum Gasteiger partial charge on any atom is -0.330 e. The molecular formula is C11H26BN. The van der Waals surface area contributed by atoms with E-state index in [1.807, 2.05) is 0 Å². The van der Waals surface area contributed by atoms with Crippen LogP contribution in [0.25, 0.3) is 0 Å². The zero-order valence-electron chi connectivity index (χ0n) is 9.52. The van der Waals surface area contributed by atoms with Crippen LogP contribution in [-0.2, 0) is 0 Å². The molecule has 0 bridgehead atoms. The fourth-order valence-electron chi connectivity index (χ4n) is 1.55. The van der Waals surface area contributed by atoms with Crippen LogP contribution in [0.15, 0.2) is 0 Å². The summed E-state index contributed by atoms with van der Waals surface area (Å²) < 4.78 is 0. The van der Waals surface area contributed by atoms with E-state index in [0.717, 1.165) is 12.4 Å². The van der Waals surface area contributed by atoms with Crippen LogP contribution in [0.1, 0.15) is 58.3 Å². The summed E-state index contributed by atoms with van der Waals surface area (Å²) in [5, 5.41) is 0. The van der Waals surface area contributed by atoms with Gasteiger partial charge in [0.2, 0.25) is 0 Å². The van der Waals surface area contributed by atoms with Crippen molar-refractivity contribution < 1.29 is 0 Å². The molecule has 0 heterocycles. The smallest absolute Gasteiger partial charge is 0.105 e. The lowest BCUT2D eigenvalue weighted by Gasteiger charge is -2.06. The summed E-state index contributed by atoms with van der Waals surface area (Å²) >= 11 is 0. The molecule has 0 rings (SSSR count). The van der Waals surface area contributed by atoms with Gasteiger partial charge in [0.1, 0.15) is 7.85 Å². The van der Waals surface area contributed by atoms with Gasteiger partial charge in [-0.25, -0.2) is 0 Å². The van der Waals surface area contributed by atoms with Gasteiger partial charge in [-0.1, -0.05) is 57.7 Å². The minimum absolute atomic E-state index is 0.868. The highest BCUT2D eigenvalue weighted by Gasteiger charge is 1.97. The van der Waals surface area contributed by atoms with E-state index in [9.17, 15) is 0 Å². The monoisotopic (exact) mass is 183 g/mol. The van der Waals surface area contributed by atoms with E-state index in [1.54, 1.807) is 0 Å². The summed E-state index contributed by atoms with van der Waals surface area (Å²) in [4.78, 5) is 0. The van der Waals surface area contributed by atoms with Gasteiger partial charge in [0.05, 0.1) is 0 Å². The van der Waals surface area contributed by atoms with E-state index < -0.39 is 0 Å². The van der Waals surface area contributed by atoms with Gasteiger partial charge < -0.3 is 5.73 Å². The predicted octanol–water partition coefficient (Wildman–Crippen LogP) is 2.51. The van der Waals surface area contributed by atoms with Crippen LogP contribution < -0.4 is 5.73 Å². The molecule has 0 aliphatic rings. The van der Waals surface area contributed by atoms with Crippen LogP contribution in [0.3, 0.4) is 0 Å². The Balaban J connectivity index is 2.91. The fraction of sp³-hybridized carbons (Fsp3) is 1.00. The topological polar surface area (TPSA) is 26.0 Å². The van der Waals surface area contributed by atoms with Crippen molar-refractivity contribution in [3.05, 3.63) is 0 Å². The number of nitrogens with two attached hydrogens (primary N) is 1. The van der Waals surface area contributed by atoms with E-state index >= 15 is 0 Å². The van der Waals surface area contributed by atoms with Crippen molar-refractivity contribution in [1.82, 2.24) is 0 Å². The first kappa shape index (κ1) is 13.0. The number of rotatable bonds is 9. The zero-order valence-corrected chi connectivity index (χ0v) is 9.52. The molecule has 0 unspecified atom stereocenters. The Morgan fingerprint density at radius 3 is 2.08 bits per heavy atom. The van der Waals surface area contributed by atoms with Crippen molar-refractivity contribution in [1.29, 1.82) is 0 Å². The van der Waals surface area contributed by atoms with Crippen molar-refractivity contribution in [2.24, 2.45) is 5.73 Å². The Hall–Kier alpha value is 0.0249. The second-order valence-corrected chi connectivity index (χ2v) is 4.21. The molecule has 0 aliphatic heterocycles. The minimum atomic E-state index is 0.868. The zero-order chi connectivity index (χ0) is 9.94. The highest BCUT2D eigenvalue weighted by Crippen LogP contribution is 2.16. The van der Waals surface area contributed by atoms with Gasteiger partial charge in [-0.2, -0.15) is 0 Å². The number of hydrogen-bond donors (Lipinski definition) is 1. The van der Waals surface area contributed by atoms with Crippen molar-refractivity contribution in [3.8, 4) is 0 Å². The maximum atomic E-state index is 5.43. The lowest BCUT2D eigenvalue weighted by atomic mass is 9.81. The molecule has 78 valence electrons. The first-order chi connectivity index (χ1) is 6.31. The van der Waals surface area contributed by atoms with Gasteiger partial charge in [0, 0.05) is 0 Å². The van der Waals surface area contributed by atoms with Gasteiger partial charge >= 0.3 is 0 Å². The van der Waals surface area contributed by atoms with Crippen molar-refractivity contribution in [2.45, 2.75) is 64.1 Å². The summed E-state index contributed by atoms with van der Waals surface area (Å²) in [6.07, 6.45) is 11.0. The molecular weight excluding hydrogens is 157 g/mol. The lowest BCUT2D eigenvalue weighted by molar-refractivity contribution is 0.567. The Kier molecular flexibility index (Phi) is 10.1. The molecule has 0 fully saturated rings. The van der Waals surface area contributed by atoms with Crippen LogP contribution in [0.2, 0.25) is 5.82 Å². The molecule has 0 saturated heterocycles. The highest BCUT2D eigenvalue weighted by molar-refractivity contribution is 6.11. The van der Waals surface area contributed by atoms with Crippen molar-refractivity contribution in [3.63, 3.8) is 0 Å². The third-order valence-corrected chi connectivity index (χ3v) is 2.85. The van der Waals surface area contributed by atoms with E-state index in [0.29, 0.717) is 0 Å². The molecule has 0 amide bonds. The average molecular weight is 183 g/mol. The third-order valence-electron chi connectivity index (χ3n) is 2.85. The van der Waals surface area contributed by atoms with E-state index in [-0.39, 0.29) is 0 Å². The average Bonchev–Trinajstić information content (AvgIpc) is 2.16. The van der Waals surface area contributed by atoms with Crippen LogP contribution in [0.5, 0.6) is 0 Å². The van der Waals surface area contributed by atoms with Crippen LogP contribution in [-0.4, -0.2) is 14.4 Å². The quantitative estimate of drug-likeness (QED) is 0.431. The molecule has 2 N–H and O–H groups in total. The Morgan fingerprint density at radius 2 is 1.54 bits per heavy atom. The van der Waals surface area contributed by atoms with Crippen LogP contribution in [0.4, 0.5) is 0 Å². The molecule has 0 aromatic carbocycles. The van der Waals surface area contributed by atoms with Crippen molar-refractivity contribution >= 4 is 7.85 Å². The Morgan fingerprint density at radius 1 is 1.00 bits per heavy atom. The van der Waals surface area contributed by atoms with Crippen LogP contribution in [0, 0.1) is 0 Å². The molecule has 0 aromatic rings. The van der Waals surface area contributed by atoms with Gasteiger partial charge in [-0.15, -0.1) is 0 Å². The number of unbranched alkanes of at least 4 members (excludes halogenated alkanes) is 5. The first-order valence-electron chi connectivity index (χ1n) is 6.01. The van der Waals surface area contributed by atoms with E-state index in [4.69, 9.17) is 5.73 Å². The maximum absolute atomic E-state index is 5.43. The third kappa shape index (κ3) is 9.94. The second kappa shape index (κ2) is 10.1. The highest BCUT2D eigenvalue weighted by atomic mass is 14.5. The Labute approximate surface area is 84.9 Å². The van der Waals surface area contributed by atoms with Gasteiger partial charge in [-0.3, -0.25) is 0 Å². The molecule has 0 saturated carbocycles. The predicted molar refractivity (Wildman–Crippen MR) is 64.0 cm³/mol. The summed E-state index contributed by atoms with van der Waals surface area (Å²) in [6.45, 7) is 3.15. The molecule has 0 spiro atoms. The van der Waals surface area contributed by atoms with E-state index in [1.165, 1.54) is 51.4 Å².